The van der Waals surface area contributed by atoms with Gasteiger partial charge in [0, 0.05) is 13.6 Å². The van der Waals surface area contributed by atoms with Gasteiger partial charge in [-0.3, -0.25) is 0 Å². The molecule has 20 heavy (non-hydrogen) atoms. The SMILES string of the molecule is CC(C)[C@H](NC(=O)N(C)CC1CCN(C)CC1)C(=O)O. The van der Waals surface area contributed by atoms with Crippen molar-refractivity contribution in [3.63, 3.8) is 0 Å². The first-order chi connectivity index (χ1) is 9.31. The first-order valence-corrected chi connectivity index (χ1v) is 7.24. The molecule has 0 aromatic rings. The van der Waals surface area contributed by atoms with Crippen LogP contribution in [0.2, 0.25) is 0 Å². The molecule has 0 spiro atoms. The van der Waals surface area contributed by atoms with E-state index in [2.05, 4.69) is 17.3 Å². The van der Waals surface area contributed by atoms with Gasteiger partial charge in [0.1, 0.15) is 6.04 Å². The third-order valence-corrected chi connectivity index (χ3v) is 3.93. The van der Waals surface area contributed by atoms with Crippen LogP contribution < -0.4 is 5.32 Å². The second kappa shape index (κ2) is 7.47. The summed E-state index contributed by atoms with van der Waals surface area (Å²) < 4.78 is 0. The predicted molar refractivity (Wildman–Crippen MR) is 77.6 cm³/mol. The summed E-state index contributed by atoms with van der Waals surface area (Å²) in [5.74, 6) is -0.613. The molecule has 2 amide bonds. The van der Waals surface area contributed by atoms with Crippen LogP contribution in [0, 0.1) is 11.8 Å². The highest BCUT2D eigenvalue weighted by molar-refractivity contribution is 5.82. The minimum atomic E-state index is -0.985. The standard InChI is InChI=1S/C14H27N3O3/c1-10(2)12(13(18)19)15-14(20)17(4)9-11-5-7-16(3)8-6-11/h10-12H,5-9H2,1-4H3,(H,15,20)(H,18,19)/t12-/m0/s1. The van der Waals surface area contributed by atoms with E-state index in [1.807, 2.05) is 0 Å². The molecule has 1 saturated heterocycles. The van der Waals surface area contributed by atoms with Crippen molar-refractivity contribution in [2.24, 2.45) is 11.8 Å². The molecule has 6 heteroatoms. The molecule has 1 aliphatic heterocycles. The van der Waals surface area contributed by atoms with Crippen LogP contribution in [-0.2, 0) is 4.79 Å². The van der Waals surface area contributed by atoms with Gasteiger partial charge in [-0.1, -0.05) is 13.8 Å². The molecule has 1 rings (SSSR count). The average Bonchev–Trinajstić information content (AvgIpc) is 2.37. The van der Waals surface area contributed by atoms with E-state index >= 15 is 0 Å². The maximum absolute atomic E-state index is 12.0. The lowest BCUT2D eigenvalue weighted by Gasteiger charge is -2.32. The molecule has 116 valence electrons. The van der Waals surface area contributed by atoms with Gasteiger partial charge in [-0.15, -0.1) is 0 Å². The van der Waals surface area contributed by atoms with E-state index in [9.17, 15) is 9.59 Å². The van der Waals surface area contributed by atoms with Crippen molar-refractivity contribution >= 4 is 12.0 Å². The summed E-state index contributed by atoms with van der Waals surface area (Å²) in [6.07, 6.45) is 2.17. The first-order valence-electron chi connectivity index (χ1n) is 7.24. The van der Waals surface area contributed by atoms with Crippen molar-refractivity contribution in [3.8, 4) is 0 Å². The summed E-state index contributed by atoms with van der Waals surface area (Å²) in [6, 6.07) is -1.13. The highest BCUT2D eigenvalue weighted by Gasteiger charge is 2.26. The molecule has 0 radical (unpaired) electrons. The molecule has 1 atom stereocenters. The summed E-state index contributed by atoms with van der Waals surface area (Å²) in [5, 5.41) is 11.7. The summed E-state index contributed by atoms with van der Waals surface area (Å²) in [5.41, 5.74) is 0. The Morgan fingerprint density at radius 1 is 1.35 bits per heavy atom. The van der Waals surface area contributed by atoms with Gasteiger partial charge in [0.2, 0.25) is 0 Å². The monoisotopic (exact) mass is 285 g/mol. The number of carboxylic acids is 1. The Hall–Kier alpha value is -1.30. The number of carbonyl (C=O) groups excluding carboxylic acids is 1. The number of nitrogens with one attached hydrogen (secondary N) is 1. The zero-order valence-electron chi connectivity index (χ0n) is 12.9. The Kier molecular flexibility index (Phi) is 6.26. The zero-order valence-corrected chi connectivity index (χ0v) is 12.9. The molecule has 0 bridgehead atoms. The maximum Gasteiger partial charge on any atom is 0.326 e. The van der Waals surface area contributed by atoms with Gasteiger partial charge in [-0.05, 0) is 44.8 Å². The lowest BCUT2D eigenvalue weighted by Crippen LogP contribution is -2.50. The summed E-state index contributed by atoms with van der Waals surface area (Å²) in [7, 11) is 3.83. The lowest BCUT2D eigenvalue weighted by atomic mass is 9.97. The quantitative estimate of drug-likeness (QED) is 0.793. The lowest BCUT2D eigenvalue weighted by molar-refractivity contribution is -0.140. The van der Waals surface area contributed by atoms with Gasteiger partial charge in [0.25, 0.3) is 0 Å². The van der Waals surface area contributed by atoms with Gasteiger partial charge in [0.15, 0.2) is 0 Å². The Balaban J connectivity index is 2.44. The molecule has 0 aliphatic carbocycles. The second-order valence-corrected chi connectivity index (χ2v) is 6.14. The summed E-state index contributed by atoms with van der Waals surface area (Å²) in [4.78, 5) is 27.0. The van der Waals surface area contributed by atoms with Crippen LogP contribution >= 0.6 is 0 Å². The molecule has 0 aromatic carbocycles. The van der Waals surface area contributed by atoms with E-state index in [0.29, 0.717) is 12.5 Å². The average molecular weight is 285 g/mol. The summed E-state index contributed by atoms with van der Waals surface area (Å²) >= 11 is 0. The molecule has 1 aliphatic rings. The number of hydrogen-bond acceptors (Lipinski definition) is 3. The minimum absolute atomic E-state index is 0.131. The van der Waals surface area contributed by atoms with Crippen molar-refractivity contribution in [2.45, 2.75) is 32.7 Å². The molecular formula is C14H27N3O3. The van der Waals surface area contributed by atoms with E-state index in [-0.39, 0.29) is 11.9 Å². The number of rotatable bonds is 5. The second-order valence-electron chi connectivity index (χ2n) is 6.14. The van der Waals surface area contributed by atoms with Gasteiger partial charge in [-0.2, -0.15) is 0 Å². The number of urea groups is 1. The summed E-state index contributed by atoms with van der Waals surface area (Å²) in [6.45, 7) is 6.38. The Morgan fingerprint density at radius 2 is 1.90 bits per heavy atom. The normalized spacial score (nSPS) is 18.9. The predicted octanol–water partition coefficient (Wildman–Crippen LogP) is 1.08. The maximum atomic E-state index is 12.0. The van der Waals surface area contributed by atoms with Gasteiger partial charge < -0.3 is 20.2 Å². The Bertz CT molecular complexity index is 339. The van der Waals surface area contributed by atoms with Gasteiger partial charge in [0.05, 0.1) is 0 Å². The molecule has 6 nitrogen and oxygen atoms in total. The highest BCUT2D eigenvalue weighted by atomic mass is 16.4. The van der Waals surface area contributed by atoms with Crippen LogP contribution in [0.25, 0.3) is 0 Å². The molecular weight excluding hydrogens is 258 g/mol. The van der Waals surface area contributed by atoms with Crippen LogP contribution in [0.15, 0.2) is 0 Å². The molecule has 0 aromatic heterocycles. The van der Waals surface area contributed by atoms with Crippen LogP contribution in [0.3, 0.4) is 0 Å². The highest BCUT2D eigenvalue weighted by Crippen LogP contribution is 2.16. The number of carbonyl (C=O) groups is 2. The van der Waals surface area contributed by atoms with Crippen molar-refractivity contribution < 1.29 is 14.7 Å². The van der Waals surface area contributed by atoms with Gasteiger partial charge in [-0.25, -0.2) is 9.59 Å². The van der Waals surface area contributed by atoms with E-state index < -0.39 is 12.0 Å². The largest absolute Gasteiger partial charge is 0.480 e. The molecule has 1 heterocycles. The molecule has 0 unspecified atom stereocenters. The van der Waals surface area contributed by atoms with E-state index in [1.165, 1.54) is 0 Å². The smallest absolute Gasteiger partial charge is 0.326 e. The fourth-order valence-electron chi connectivity index (χ4n) is 2.47. The van der Waals surface area contributed by atoms with Crippen LogP contribution in [0.5, 0.6) is 0 Å². The molecule has 2 N–H and O–H groups in total. The van der Waals surface area contributed by atoms with Crippen molar-refractivity contribution in [1.82, 2.24) is 15.1 Å². The Labute approximate surface area is 121 Å². The van der Waals surface area contributed by atoms with E-state index in [1.54, 1.807) is 25.8 Å². The third-order valence-electron chi connectivity index (χ3n) is 3.93. The van der Waals surface area contributed by atoms with Crippen molar-refractivity contribution in [2.75, 3.05) is 33.7 Å². The van der Waals surface area contributed by atoms with Crippen LogP contribution in [0.1, 0.15) is 26.7 Å². The Morgan fingerprint density at radius 3 is 2.35 bits per heavy atom. The molecule has 1 fully saturated rings. The van der Waals surface area contributed by atoms with E-state index in [0.717, 1.165) is 25.9 Å². The van der Waals surface area contributed by atoms with E-state index in [4.69, 9.17) is 5.11 Å². The first kappa shape index (κ1) is 16.8. The molecule has 0 saturated carbocycles. The van der Waals surface area contributed by atoms with Gasteiger partial charge >= 0.3 is 12.0 Å². The fraction of sp³-hybridized carbons (Fsp3) is 0.857. The van der Waals surface area contributed by atoms with Crippen molar-refractivity contribution in [1.29, 1.82) is 0 Å². The number of aliphatic carboxylic acids is 1. The number of nitrogens with zero attached hydrogens (tertiary/aromatic N) is 2. The third kappa shape index (κ3) is 5.00. The van der Waals surface area contributed by atoms with Crippen LogP contribution in [0.4, 0.5) is 4.79 Å². The number of piperidine rings is 1. The number of likely N-dealkylation sites (tertiary alicyclic amines) is 1. The minimum Gasteiger partial charge on any atom is -0.480 e. The number of hydrogen-bond donors (Lipinski definition) is 2. The van der Waals surface area contributed by atoms with Crippen molar-refractivity contribution in [3.05, 3.63) is 0 Å². The number of amides is 2. The fourth-order valence-corrected chi connectivity index (χ4v) is 2.47. The zero-order chi connectivity index (χ0) is 15.3. The topological polar surface area (TPSA) is 72.9 Å². The number of carboxylic acid groups (broad SMARTS) is 1. The van der Waals surface area contributed by atoms with Crippen LogP contribution in [-0.4, -0.2) is 66.7 Å².